The van der Waals surface area contributed by atoms with Gasteiger partial charge in [0.05, 0.1) is 0 Å². The second-order valence-electron chi connectivity index (χ2n) is 7.48. The molecule has 2 heterocycles. The van der Waals surface area contributed by atoms with Gasteiger partial charge >= 0.3 is 0 Å². The summed E-state index contributed by atoms with van der Waals surface area (Å²) < 4.78 is 0. The number of nitrogens with one attached hydrogen (secondary N) is 1. The van der Waals surface area contributed by atoms with Crippen LogP contribution in [0.3, 0.4) is 0 Å². The minimum Gasteiger partial charge on any atom is -0.318 e. The standard InChI is InChI=1S/C11H24N2.C8H18N2/c1-11(2)12(3)9-10-13-7-5-4-6-8-13;1-9-5-8-10-6-3-2-4-7-10/h11H,4-10H2,1-3H3;9H,2-8H2,1H3. The van der Waals surface area contributed by atoms with E-state index in [9.17, 15) is 0 Å². The largest absolute Gasteiger partial charge is 0.318 e. The van der Waals surface area contributed by atoms with Crippen LogP contribution in [0, 0.1) is 0 Å². The molecule has 2 fully saturated rings. The normalized spacial score (nSPS) is 20.6. The van der Waals surface area contributed by atoms with E-state index in [1.54, 1.807) is 0 Å². The first-order valence-electron chi connectivity index (χ1n) is 9.93. The molecule has 0 radical (unpaired) electrons. The Labute approximate surface area is 145 Å². The van der Waals surface area contributed by atoms with Crippen molar-refractivity contribution in [3.05, 3.63) is 0 Å². The lowest BCUT2D eigenvalue weighted by Gasteiger charge is -2.29. The van der Waals surface area contributed by atoms with E-state index >= 15 is 0 Å². The molecular weight excluding hydrogens is 284 g/mol. The van der Waals surface area contributed by atoms with E-state index in [4.69, 9.17) is 0 Å². The van der Waals surface area contributed by atoms with E-state index < -0.39 is 0 Å². The maximum Gasteiger partial charge on any atom is 0.0109 e. The van der Waals surface area contributed by atoms with E-state index in [2.05, 4.69) is 40.9 Å². The molecule has 0 unspecified atom stereocenters. The Morgan fingerprint density at radius 3 is 1.74 bits per heavy atom. The van der Waals surface area contributed by atoms with Crippen LogP contribution >= 0.6 is 0 Å². The van der Waals surface area contributed by atoms with Crippen molar-refractivity contribution in [2.24, 2.45) is 0 Å². The summed E-state index contributed by atoms with van der Waals surface area (Å²) in [6, 6.07) is 0.685. The summed E-state index contributed by atoms with van der Waals surface area (Å²) in [6.45, 7) is 14.7. The third-order valence-electron chi connectivity index (χ3n) is 5.23. The van der Waals surface area contributed by atoms with Gasteiger partial charge in [0, 0.05) is 32.2 Å². The zero-order valence-corrected chi connectivity index (χ0v) is 16.3. The number of rotatable bonds is 7. The van der Waals surface area contributed by atoms with Crippen molar-refractivity contribution in [2.45, 2.75) is 58.4 Å². The summed E-state index contributed by atoms with van der Waals surface area (Å²) in [7, 11) is 4.23. The first kappa shape index (κ1) is 20.9. The van der Waals surface area contributed by atoms with E-state index in [-0.39, 0.29) is 0 Å². The molecule has 0 atom stereocenters. The molecule has 0 amide bonds. The lowest BCUT2D eigenvalue weighted by Crippen LogP contribution is -2.38. The number of hydrogen-bond donors (Lipinski definition) is 1. The van der Waals surface area contributed by atoms with Gasteiger partial charge in [-0.15, -0.1) is 0 Å². The fourth-order valence-corrected chi connectivity index (χ4v) is 3.19. The van der Waals surface area contributed by atoms with Crippen molar-refractivity contribution in [3.8, 4) is 0 Å². The molecule has 0 bridgehead atoms. The van der Waals surface area contributed by atoms with Gasteiger partial charge in [-0.1, -0.05) is 12.8 Å². The Kier molecular flexibility index (Phi) is 12.0. The molecule has 23 heavy (non-hydrogen) atoms. The Hall–Kier alpha value is -0.160. The van der Waals surface area contributed by atoms with Crippen LogP contribution in [-0.4, -0.2) is 87.2 Å². The lowest BCUT2D eigenvalue weighted by atomic mass is 10.1. The van der Waals surface area contributed by atoms with Crippen LogP contribution in [0.25, 0.3) is 0 Å². The van der Waals surface area contributed by atoms with Crippen LogP contribution in [0.2, 0.25) is 0 Å². The van der Waals surface area contributed by atoms with Gasteiger partial charge in [-0.25, -0.2) is 0 Å². The second kappa shape index (κ2) is 13.2. The van der Waals surface area contributed by atoms with Gasteiger partial charge in [-0.3, -0.25) is 0 Å². The molecule has 0 aromatic rings. The number of piperidine rings is 2. The summed E-state index contributed by atoms with van der Waals surface area (Å²) >= 11 is 0. The van der Waals surface area contributed by atoms with Crippen molar-refractivity contribution in [1.82, 2.24) is 20.0 Å². The predicted molar refractivity (Wildman–Crippen MR) is 102 cm³/mol. The van der Waals surface area contributed by atoms with Gasteiger partial charge in [0.25, 0.3) is 0 Å². The van der Waals surface area contributed by atoms with Gasteiger partial charge in [-0.05, 0) is 79.8 Å². The zero-order chi connectivity index (χ0) is 16.9. The fourth-order valence-electron chi connectivity index (χ4n) is 3.19. The van der Waals surface area contributed by atoms with Gasteiger partial charge in [0.1, 0.15) is 0 Å². The van der Waals surface area contributed by atoms with Gasteiger partial charge in [0.2, 0.25) is 0 Å². The van der Waals surface area contributed by atoms with E-state index in [0.717, 1.165) is 6.54 Å². The molecule has 1 N–H and O–H groups in total. The minimum absolute atomic E-state index is 0.685. The minimum atomic E-state index is 0.685. The van der Waals surface area contributed by atoms with Crippen LogP contribution in [0.4, 0.5) is 0 Å². The van der Waals surface area contributed by atoms with Crippen molar-refractivity contribution >= 4 is 0 Å². The maximum absolute atomic E-state index is 3.17. The lowest BCUT2D eigenvalue weighted by molar-refractivity contribution is 0.181. The van der Waals surface area contributed by atoms with Gasteiger partial charge < -0.3 is 20.0 Å². The molecule has 2 aliphatic rings. The number of likely N-dealkylation sites (N-methyl/N-ethyl adjacent to an activating group) is 2. The molecule has 2 aliphatic heterocycles. The Morgan fingerprint density at radius 2 is 1.30 bits per heavy atom. The molecule has 0 aromatic heterocycles. The van der Waals surface area contributed by atoms with Crippen molar-refractivity contribution in [1.29, 1.82) is 0 Å². The van der Waals surface area contributed by atoms with Crippen molar-refractivity contribution in [3.63, 3.8) is 0 Å². The third-order valence-corrected chi connectivity index (χ3v) is 5.23. The van der Waals surface area contributed by atoms with Gasteiger partial charge in [0.15, 0.2) is 0 Å². The van der Waals surface area contributed by atoms with Crippen molar-refractivity contribution in [2.75, 3.05) is 66.5 Å². The second-order valence-corrected chi connectivity index (χ2v) is 7.48. The third kappa shape index (κ3) is 10.3. The SMILES string of the molecule is CC(C)N(C)CCN1CCCCC1.CNCCN1CCCCC1. The highest BCUT2D eigenvalue weighted by molar-refractivity contribution is 4.67. The van der Waals surface area contributed by atoms with Crippen LogP contribution in [0.1, 0.15) is 52.4 Å². The molecule has 2 saturated heterocycles. The molecule has 4 heteroatoms. The molecule has 0 saturated carbocycles. The summed E-state index contributed by atoms with van der Waals surface area (Å²) in [5, 5.41) is 3.17. The Morgan fingerprint density at radius 1 is 0.826 bits per heavy atom. The molecule has 4 nitrogen and oxygen atoms in total. The van der Waals surface area contributed by atoms with Crippen LogP contribution in [0.15, 0.2) is 0 Å². The van der Waals surface area contributed by atoms with E-state index in [0.29, 0.717) is 6.04 Å². The van der Waals surface area contributed by atoms with Gasteiger partial charge in [-0.2, -0.15) is 0 Å². The molecule has 138 valence electrons. The average Bonchev–Trinajstić information content (AvgIpc) is 2.60. The predicted octanol–water partition coefficient (Wildman–Crippen LogP) is 2.50. The summed E-state index contributed by atoms with van der Waals surface area (Å²) in [5.41, 5.74) is 0. The smallest absolute Gasteiger partial charge is 0.0109 e. The highest BCUT2D eigenvalue weighted by Crippen LogP contribution is 2.08. The highest BCUT2D eigenvalue weighted by Gasteiger charge is 2.11. The number of likely N-dealkylation sites (tertiary alicyclic amines) is 2. The fraction of sp³-hybridized carbons (Fsp3) is 1.00. The Balaban J connectivity index is 0.000000238. The monoisotopic (exact) mass is 326 g/mol. The zero-order valence-electron chi connectivity index (χ0n) is 16.3. The highest BCUT2D eigenvalue weighted by atomic mass is 15.2. The molecule has 2 rings (SSSR count). The molecule has 0 spiro atoms. The molecular formula is C19H42N4. The number of hydrogen-bond acceptors (Lipinski definition) is 4. The Bertz CT molecular complexity index is 258. The van der Waals surface area contributed by atoms with Crippen molar-refractivity contribution < 1.29 is 0 Å². The van der Waals surface area contributed by atoms with Crippen LogP contribution in [-0.2, 0) is 0 Å². The summed E-state index contributed by atoms with van der Waals surface area (Å²) in [4.78, 5) is 7.57. The quantitative estimate of drug-likeness (QED) is 0.776. The maximum atomic E-state index is 3.17. The first-order chi connectivity index (χ1) is 11.1. The molecule has 0 aromatic carbocycles. The van der Waals surface area contributed by atoms with E-state index in [1.165, 1.54) is 84.3 Å². The first-order valence-corrected chi connectivity index (χ1v) is 9.93. The average molecular weight is 327 g/mol. The van der Waals surface area contributed by atoms with Crippen LogP contribution in [0.5, 0.6) is 0 Å². The summed E-state index contributed by atoms with van der Waals surface area (Å²) in [6.07, 6.45) is 8.51. The van der Waals surface area contributed by atoms with Crippen LogP contribution < -0.4 is 5.32 Å². The number of nitrogens with zero attached hydrogens (tertiary/aromatic N) is 3. The molecule has 0 aliphatic carbocycles. The summed E-state index contributed by atoms with van der Waals surface area (Å²) in [5.74, 6) is 0. The van der Waals surface area contributed by atoms with E-state index in [1.807, 2.05) is 7.05 Å². The topological polar surface area (TPSA) is 21.8 Å².